The van der Waals surface area contributed by atoms with Gasteiger partial charge in [0.25, 0.3) is 0 Å². The Labute approximate surface area is 202 Å². The maximum absolute atomic E-state index is 13.3. The lowest BCUT2D eigenvalue weighted by Gasteiger charge is -2.25. The van der Waals surface area contributed by atoms with Crippen molar-refractivity contribution in [1.82, 2.24) is 20.2 Å². The smallest absolute Gasteiger partial charge is 0.407 e. The highest BCUT2D eigenvalue weighted by molar-refractivity contribution is 6.07. The highest BCUT2D eigenvalue weighted by Crippen LogP contribution is 2.39. The number of likely N-dealkylation sites (tertiary alicyclic amines) is 1. The molecule has 180 valence electrons. The fraction of sp³-hybridized carbons (Fsp3) is 0.308. The zero-order chi connectivity index (χ0) is 24.4. The molecule has 1 aliphatic carbocycles. The molecule has 1 fully saturated rings. The molecule has 5 rings (SSSR count). The number of H-pyrrole nitrogens is 1. The largest absolute Gasteiger partial charge is 0.465 e. The van der Waals surface area contributed by atoms with Gasteiger partial charge in [-0.05, 0) is 49.4 Å². The van der Waals surface area contributed by atoms with Gasteiger partial charge in [0.2, 0.25) is 5.91 Å². The van der Waals surface area contributed by atoms with Crippen LogP contribution in [0.1, 0.15) is 35.3 Å². The van der Waals surface area contributed by atoms with E-state index in [1.165, 1.54) is 4.90 Å². The van der Waals surface area contributed by atoms with Crippen LogP contribution in [0.3, 0.4) is 0 Å². The quantitative estimate of drug-likeness (QED) is 0.431. The van der Waals surface area contributed by atoms with Crippen LogP contribution >= 0.6 is 0 Å². The molecule has 3 heterocycles. The Morgan fingerprint density at radius 3 is 2.63 bits per heavy atom. The van der Waals surface area contributed by atoms with Crippen LogP contribution in [-0.4, -0.2) is 56.9 Å². The lowest BCUT2D eigenvalue weighted by molar-refractivity contribution is -0.125. The summed E-state index contributed by atoms with van der Waals surface area (Å²) in [4.78, 5) is 46.1. The minimum absolute atomic E-state index is 0.00788. The molecule has 1 aliphatic heterocycles. The number of carboxylic acid groups (broad SMARTS) is 1. The van der Waals surface area contributed by atoms with Crippen molar-refractivity contribution < 1.29 is 19.5 Å². The van der Waals surface area contributed by atoms with Gasteiger partial charge in [-0.2, -0.15) is 0 Å². The predicted octanol–water partition coefficient (Wildman–Crippen LogP) is 3.82. The molecule has 1 unspecified atom stereocenters. The predicted molar refractivity (Wildman–Crippen MR) is 131 cm³/mol. The second kappa shape index (κ2) is 9.61. The van der Waals surface area contributed by atoms with Gasteiger partial charge in [-0.3, -0.25) is 19.5 Å². The minimum atomic E-state index is -1.08. The van der Waals surface area contributed by atoms with Crippen molar-refractivity contribution >= 4 is 29.2 Å². The monoisotopic (exact) mass is 473 g/mol. The second-order valence-electron chi connectivity index (χ2n) is 9.03. The number of nitrogens with one attached hydrogen (secondary N) is 3. The normalized spacial score (nSPS) is 19.3. The average Bonchev–Trinajstić information content (AvgIpc) is 3.50. The number of hydrogen-bond donors (Lipinski definition) is 4. The third-order valence-corrected chi connectivity index (χ3v) is 6.70. The summed E-state index contributed by atoms with van der Waals surface area (Å²) in [6.45, 7) is 0.690. The number of anilines is 2. The number of benzene rings is 1. The van der Waals surface area contributed by atoms with Crippen LogP contribution in [0.15, 0.2) is 54.9 Å². The Morgan fingerprint density at radius 2 is 1.89 bits per heavy atom. The standard InChI is InChI=1S/C26H27N5O4/c32-21-14-16(15-28-25(33)20-7-4-12-31(20)26(34)35)13-19-22(21)24(29-18-5-2-1-3-6-18)23(30-19)17-8-10-27-11-9-17/h1-3,5-6,8-11,16,20,29-30H,4,7,12-15H2,(H,28,33)(H,34,35)/t16?,20-/m0/s1. The Bertz CT molecular complexity index is 1240. The van der Waals surface area contributed by atoms with Crippen molar-refractivity contribution in [2.45, 2.75) is 31.7 Å². The van der Waals surface area contributed by atoms with Crippen molar-refractivity contribution in [2.24, 2.45) is 5.92 Å². The molecule has 1 aromatic carbocycles. The van der Waals surface area contributed by atoms with Crippen molar-refractivity contribution in [3.63, 3.8) is 0 Å². The first kappa shape index (κ1) is 22.6. The molecule has 9 heteroatoms. The van der Waals surface area contributed by atoms with Gasteiger partial charge in [-0.1, -0.05) is 18.2 Å². The molecule has 0 radical (unpaired) electrons. The van der Waals surface area contributed by atoms with Crippen molar-refractivity contribution in [2.75, 3.05) is 18.4 Å². The van der Waals surface area contributed by atoms with Crippen LogP contribution in [0.25, 0.3) is 11.3 Å². The summed E-state index contributed by atoms with van der Waals surface area (Å²) in [5.41, 5.74) is 4.84. The number of aromatic amines is 1. The first-order valence-corrected chi connectivity index (χ1v) is 11.8. The summed E-state index contributed by atoms with van der Waals surface area (Å²) in [5, 5.41) is 15.6. The summed E-state index contributed by atoms with van der Waals surface area (Å²) < 4.78 is 0. The molecule has 3 aromatic rings. The fourth-order valence-corrected chi connectivity index (χ4v) is 5.04. The summed E-state index contributed by atoms with van der Waals surface area (Å²) in [5.74, 6) is -0.362. The number of para-hydroxylation sites is 1. The third-order valence-electron chi connectivity index (χ3n) is 6.70. The average molecular weight is 474 g/mol. The van der Waals surface area contributed by atoms with Gasteiger partial charge in [0.15, 0.2) is 5.78 Å². The van der Waals surface area contributed by atoms with E-state index >= 15 is 0 Å². The van der Waals surface area contributed by atoms with E-state index in [2.05, 4.69) is 20.6 Å². The zero-order valence-electron chi connectivity index (χ0n) is 19.2. The Hall–Kier alpha value is -4.14. The number of amides is 2. The second-order valence-corrected chi connectivity index (χ2v) is 9.03. The first-order valence-electron chi connectivity index (χ1n) is 11.8. The number of pyridine rings is 1. The van der Waals surface area contributed by atoms with E-state index in [4.69, 9.17) is 0 Å². The van der Waals surface area contributed by atoms with E-state index in [-0.39, 0.29) is 17.6 Å². The van der Waals surface area contributed by atoms with Gasteiger partial charge in [-0.25, -0.2) is 4.79 Å². The molecule has 2 aromatic heterocycles. The Morgan fingerprint density at radius 1 is 1.11 bits per heavy atom. The molecule has 1 saturated heterocycles. The first-order chi connectivity index (χ1) is 17.0. The number of ketones is 1. The molecule has 2 atom stereocenters. The molecule has 0 saturated carbocycles. The van der Waals surface area contributed by atoms with Gasteiger partial charge >= 0.3 is 6.09 Å². The summed E-state index contributed by atoms with van der Waals surface area (Å²) in [6, 6.07) is 12.8. The highest BCUT2D eigenvalue weighted by atomic mass is 16.4. The van der Waals surface area contributed by atoms with Gasteiger partial charge in [0, 0.05) is 48.8 Å². The molecule has 0 spiro atoms. The number of Topliss-reactive ketones (excluding diaryl/α,β-unsaturated/α-hetero) is 1. The van der Waals surface area contributed by atoms with Crippen molar-refractivity contribution in [1.29, 1.82) is 0 Å². The summed E-state index contributed by atoms with van der Waals surface area (Å²) in [7, 11) is 0. The van der Waals surface area contributed by atoms with Crippen LogP contribution in [-0.2, 0) is 11.2 Å². The van der Waals surface area contributed by atoms with Crippen LogP contribution in [0, 0.1) is 5.92 Å². The van der Waals surface area contributed by atoms with E-state index in [1.807, 2.05) is 42.5 Å². The van der Waals surface area contributed by atoms with Gasteiger partial charge in [0.05, 0.1) is 16.9 Å². The number of carbonyl (C=O) groups excluding carboxylic acids is 2. The number of aromatic nitrogens is 2. The molecule has 2 amide bonds. The fourth-order valence-electron chi connectivity index (χ4n) is 5.04. The van der Waals surface area contributed by atoms with E-state index < -0.39 is 12.1 Å². The molecule has 35 heavy (non-hydrogen) atoms. The molecular weight excluding hydrogens is 446 g/mol. The zero-order valence-corrected chi connectivity index (χ0v) is 19.2. The number of fused-ring (bicyclic) bond motifs is 1. The maximum atomic E-state index is 13.3. The van der Waals surface area contributed by atoms with E-state index in [1.54, 1.807) is 12.4 Å². The number of rotatable bonds is 6. The topological polar surface area (TPSA) is 127 Å². The maximum Gasteiger partial charge on any atom is 0.407 e. The molecular formula is C26H27N5O4. The van der Waals surface area contributed by atoms with E-state index in [0.717, 1.165) is 28.3 Å². The highest BCUT2D eigenvalue weighted by Gasteiger charge is 2.35. The molecule has 2 aliphatic rings. The van der Waals surface area contributed by atoms with Crippen LogP contribution in [0.5, 0.6) is 0 Å². The van der Waals surface area contributed by atoms with Crippen molar-refractivity contribution in [3.8, 4) is 11.3 Å². The van der Waals surface area contributed by atoms with Crippen LogP contribution in [0.2, 0.25) is 0 Å². The molecule has 9 nitrogen and oxygen atoms in total. The number of carbonyl (C=O) groups is 3. The molecule has 0 bridgehead atoms. The molecule has 4 N–H and O–H groups in total. The number of nitrogens with zero attached hydrogens (tertiary/aromatic N) is 2. The summed E-state index contributed by atoms with van der Waals surface area (Å²) in [6.07, 6.45) is 4.45. The minimum Gasteiger partial charge on any atom is -0.465 e. The number of hydrogen-bond acceptors (Lipinski definition) is 5. The van der Waals surface area contributed by atoms with Gasteiger partial charge in [-0.15, -0.1) is 0 Å². The Kier molecular flexibility index (Phi) is 6.22. The van der Waals surface area contributed by atoms with Gasteiger partial charge in [0.1, 0.15) is 6.04 Å². The third kappa shape index (κ3) is 4.62. The lowest BCUT2D eigenvalue weighted by Crippen LogP contribution is -2.47. The SMILES string of the molecule is O=C1CC(CNC(=O)[C@@H]2CCCN2C(=O)O)Cc2[nH]c(-c3ccncc3)c(Nc3ccccc3)c21. The lowest BCUT2D eigenvalue weighted by atomic mass is 9.86. The Balaban J connectivity index is 1.37. The van der Waals surface area contributed by atoms with Crippen LogP contribution < -0.4 is 10.6 Å². The van der Waals surface area contributed by atoms with Crippen molar-refractivity contribution in [3.05, 3.63) is 66.1 Å². The van der Waals surface area contributed by atoms with Crippen LogP contribution in [0.4, 0.5) is 16.2 Å². The van der Waals surface area contributed by atoms with Gasteiger partial charge < -0.3 is 20.7 Å². The van der Waals surface area contributed by atoms with E-state index in [0.29, 0.717) is 44.3 Å². The summed E-state index contributed by atoms with van der Waals surface area (Å²) >= 11 is 0. The van der Waals surface area contributed by atoms with E-state index in [9.17, 15) is 19.5 Å².